The van der Waals surface area contributed by atoms with Crippen molar-refractivity contribution in [1.82, 2.24) is 0 Å². The number of anilines is 1. The first-order chi connectivity index (χ1) is 18.7. The third kappa shape index (κ3) is 23.6. The van der Waals surface area contributed by atoms with Crippen LogP contribution in [0.25, 0.3) is 0 Å². The van der Waals surface area contributed by atoms with Crippen LogP contribution in [0.3, 0.4) is 0 Å². The smallest absolute Gasteiger partial charge is 0.221 e. The summed E-state index contributed by atoms with van der Waals surface area (Å²) in [6.07, 6.45) is 0. The normalized spacial score (nSPS) is 11.1. The molecule has 1 rings (SSSR count). The van der Waals surface area contributed by atoms with Crippen molar-refractivity contribution in [3.8, 4) is 5.75 Å². The average Bonchev–Trinajstić information content (AvgIpc) is 2.91. The van der Waals surface area contributed by atoms with Gasteiger partial charge in [0.15, 0.2) is 0 Å². The van der Waals surface area contributed by atoms with Gasteiger partial charge in [0, 0.05) is 18.5 Å². The minimum atomic E-state index is -0.106. The van der Waals surface area contributed by atoms with E-state index in [1.807, 2.05) is 0 Å². The van der Waals surface area contributed by atoms with Crippen LogP contribution in [0.15, 0.2) is 24.3 Å². The highest BCUT2D eigenvalue weighted by Crippen LogP contribution is 2.15. The van der Waals surface area contributed by atoms with Gasteiger partial charge in [-0.05, 0) is 24.3 Å². The fourth-order valence-electron chi connectivity index (χ4n) is 2.75. The van der Waals surface area contributed by atoms with Crippen molar-refractivity contribution in [2.45, 2.75) is 6.92 Å². The molecule has 38 heavy (non-hydrogen) atoms. The Morgan fingerprint density at radius 1 is 0.553 bits per heavy atom. The van der Waals surface area contributed by atoms with Gasteiger partial charge in [0.05, 0.1) is 106 Å². The standard InChI is InChI=1S/C26H44ClNO10/c1-24(29)28-25-2-4-26(5-3-25)38-23-22-37-21-20-36-19-18-35-17-16-34-15-14-33-13-12-32-11-10-31-9-8-30-7-6-27/h2-5H,6-23H2,1H3,(H,28,29). The van der Waals surface area contributed by atoms with Gasteiger partial charge < -0.3 is 47.9 Å². The van der Waals surface area contributed by atoms with Crippen LogP contribution in [-0.2, 0) is 42.7 Å². The van der Waals surface area contributed by atoms with Gasteiger partial charge in [0.2, 0.25) is 5.91 Å². The second-order valence-corrected chi connectivity index (χ2v) is 8.02. The topological polar surface area (TPSA) is 112 Å². The van der Waals surface area contributed by atoms with Crippen LogP contribution >= 0.6 is 11.6 Å². The van der Waals surface area contributed by atoms with Gasteiger partial charge in [-0.1, -0.05) is 0 Å². The first kappa shape index (κ1) is 34.5. The van der Waals surface area contributed by atoms with Gasteiger partial charge >= 0.3 is 0 Å². The summed E-state index contributed by atoms with van der Waals surface area (Å²) >= 11 is 5.50. The van der Waals surface area contributed by atoms with E-state index in [2.05, 4.69) is 5.32 Å². The Balaban J connectivity index is 1.70. The predicted molar refractivity (Wildman–Crippen MR) is 144 cm³/mol. The van der Waals surface area contributed by atoms with Crippen molar-refractivity contribution in [2.75, 3.05) is 124 Å². The van der Waals surface area contributed by atoms with Gasteiger partial charge in [0.1, 0.15) is 12.4 Å². The number of carbonyl (C=O) groups is 1. The number of alkyl halides is 1. The van der Waals surface area contributed by atoms with Crippen LogP contribution in [0.1, 0.15) is 6.92 Å². The summed E-state index contributed by atoms with van der Waals surface area (Å²) < 4.78 is 48.8. The lowest BCUT2D eigenvalue weighted by molar-refractivity contribution is -0.114. The van der Waals surface area contributed by atoms with Crippen molar-refractivity contribution in [3.05, 3.63) is 24.3 Å². The molecule has 0 aliphatic rings. The Kier molecular flexibility index (Phi) is 24.5. The maximum absolute atomic E-state index is 11.0. The summed E-state index contributed by atoms with van der Waals surface area (Å²) in [5.41, 5.74) is 0.734. The van der Waals surface area contributed by atoms with Crippen molar-refractivity contribution < 1.29 is 47.4 Å². The largest absolute Gasteiger partial charge is 0.491 e. The number of ether oxygens (including phenoxy) is 9. The summed E-state index contributed by atoms with van der Waals surface area (Å²) in [5.74, 6) is 1.11. The molecule has 0 heterocycles. The van der Waals surface area contributed by atoms with E-state index in [1.165, 1.54) is 6.92 Å². The predicted octanol–water partition coefficient (Wildman–Crippen LogP) is 2.40. The molecule has 0 fully saturated rings. The maximum Gasteiger partial charge on any atom is 0.221 e. The second-order valence-electron chi connectivity index (χ2n) is 7.64. The molecule has 11 nitrogen and oxygen atoms in total. The van der Waals surface area contributed by atoms with E-state index in [4.69, 9.17) is 54.2 Å². The monoisotopic (exact) mass is 565 g/mol. The zero-order valence-electron chi connectivity index (χ0n) is 22.5. The quantitative estimate of drug-likeness (QED) is 0.120. The summed E-state index contributed by atoms with van der Waals surface area (Å²) in [6.45, 7) is 10.1. The fourth-order valence-corrected chi connectivity index (χ4v) is 2.86. The van der Waals surface area contributed by atoms with E-state index < -0.39 is 0 Å². The molecule has 0 atom stereocenters. The second kappa shape index (κ2) is 27.0. The molecule has 1 amide bonds. The van der Waals surface area contributed by atoms with E-state index in [0.29, 0.717) is 118 Å². The van der Waals surface area contributed by atoms with Gasteiger partial charge in [-0.3, -0.25) is 4.79 Å². The minimum Gasteiger partial charge on any atom is -0.491 e. The van der Waals surface area contributed by atoms with Crippen LogP contribution in [0, 0.1) is 0 Å². The number of rotatable bonds is 28. The molecule has 12 heteroatoms. The van der Waals surface area contributed by atoms with Gasteiger partial charge in [-0.15, -0.1) is 11.6 Å². The van der Waals surface area contributed by atoms with Crippen molar-refractivity contribution in [2.24, 2.45) is 0 Å². The zero-order valence-corrected chi connectivity index (χ0v) is 23.3. The summed E-state index contributed by atoms with van der Waals surface area (Å²) in [5, 5.41) is 2.71. The maximum atomic E-state index is 11.0. The fraction of sp³-hybridized carbons (Fsp3) is 0.731. The highest BCUT2D eigenvalue weighted by Gasteiger charge is 1.98. The Hall–Kier alpha value is -1.54. The molecule has 0 aliphatic carbocycles. The molecule has 0 saturated carbocycles. The van der Waals surface area contributed by atoms with Crippen molar-refractivity contribution in [3.63, 3.8) is 0 Å². The van der Waals surface area contributed by atoms with Crippen LogP contribution < -0.4 is 10.1 Å². The molecule has 0 aromatic heterocycles. The van der Waals surface area contributed by atoms with Gasteiger partial charge in [-0.25, -0.2) is 0 Å². The van der Waals surface area contributed by atoms with Crippen molar-refractivity contribution >= 4 is 23.2 Å². The molecule has 0 aliphatic heterocycles. The van der Waals surface area contributed by atoms with E-state index in [1.54, 1.807) is 24.3 Å². The van der Waals surface area contributed by atoms with E-state index in [-0.39, 0.29) is 5.91 Å². The average molecular weight is 566 g/mol. The number of halogens is 1. The summed E-state index contributed by atoms with van der Waals surface area (Å²) in [4.78, 5) is 11.0. The summed E-state index contributed by atoms with van der Waals surface area (Å²) in [6, 6.07) is 7.18. The molecule has 0 bridgehead atoms. The molecule has 1 aromatic carbocycles. The molecule has 0 saturated heterocycles. The molecule has 1 aromatic rings. The molecule has 0 unspecified atom stereocenters. The number of amides is 1. The number of nitrogens with one attached hydrogen (secondary N) is 1. The molecule has 1 N–H and O–H groups in total. The third-order valence-electron chi connectivity index (χ3n) is 4.50. The Bertz CT molecular complexity index is 653. The SMILES string of the molecule is CC(=O)Nc1ccc(OCCOCCOCCOCCOCCOCCOCCOCCOCCCl)cc1. The summed E-state index contributed by atoms with van der Waals surface area (Å²) in [7, 11) is 0. The molecular weight excluding hydrogens is 522 g/mol. The van der Waals surface area contributed by atoms with E-state index >= 15 is 0 Å². The minimum absolute atomic E-state index is 0.106. The van der Waals surface area contributed by atoms with Gasteiger partial charge in [0.25, 0.3) is 0 Å². The Morgan fingerprint density at radius 3 is 1.18 bits per heavy atom. The molecule has 220 valence electrons. The van der Waals surface area contributed by atoms with Crippen LogP contribution in [0.4, 0.5) is 5.69 Å². The van der Waals surface area contributed by atoms with Crippen LogP contribution in [0.5, 0.6) is 5.75 Å². The number of benzene rings is 1. The molecule has 0 spiro atoms. The lowest BCUT2D eigenvalue weighted by Crippen LogP contribution is -2.15. The molecule has 0 radical (unpaired) electrons. The Labute approximate surface area is 231 Å². The number of hydrogen-bond donors (Lipinski definition) is 1. The lowest BCUT2D eigenvalue weighted by Gasteiger charge is -2.09. The highest BCUT2D eigenvalue weighted by molar-refractivity contribution is 6.17. The van der Waals surface area contributed by atoms with E-state index in [0.717, 1.165) is 11.4 Å². The molecular formula is C26H44ClNO10. The number of hydrogen-bond acceptors (Lipinski definition) is 10. The Morgan fingerprint density at radius 2 is 0.868 bits per heavy atom. The van der Waals surface area contributed by atoms with Gasteiger partial charge in [-0.2, -0.15) is 0 Å². The van der Waals surface area contributed by atoms with Crippen molar-refractivity contribution in [1.29, 1.82) is 0 Å². The highest BCUT2D eigenvalue weighted by atomic mass is 35.5. The lowest BCUT2D eigenvalue weighted by atomic mass is 10.3. The first-order valence-electron chi connectivity index (χ1n) is 12.9. The van der Waals surface area contributed by atoms with Crippen LogP contribution in [0.2, 0.25) is 0 Å². The zero-order chi connectivity index (χ0) is 27.4. The van der Waals surface area contributed by atoms with E-state index in [9.17, 15) is 4.79 Å². The van der Waals surface area contributed by atoms with Crippen LogP contribution in [-0.4, -0.2) is 124 Å². The number of carbonyl (C=O) groups excluding carboxylic acids is 1. The third-order valence-corrected chi connectivity index (χ3v) is 4.65. The first-order valence-corrected chi connectivity index (χ1v) is 13.4.